The third kappa shape index (κ3) is 21.6. The average Bonchev–Trinajstić information content (AvgIpc) is 0.808. The topological polar surface area (TPSA) is 386 Å². The van der Waals surface area contributed by atoms with E-state index >= 15 is 13.2 Å². The van der Waals surface area contributed by atoms with Crippen molar-refractivity contribution in [2.45, 2.75) is 200 Å². The van der Waals surface area contributed by atoms with Crippen LogP contribution in [-0.4, -0.2) is 208 Å². The number of benzene rings is 1. The van der Waals surface area contributed by atoms with Crippen molar-refractivity contribution in [3.63, 3.8) is 0 Å². The molecule has 0 bridgehead atoms. The molecule has 34 heteroatoms. The van der Waals surface area contributed by atoms with Crippen molar-refractivity contribution in [1.82, 2.24) is 5.32 Å². The number of hydrogen-bond donors (Lipinski definition) is 1. The number of rotatable bonds is 23. The molecule has 1 N–H and O–H groups in total. The molecule has 1 unspecified atom stereocenters. The molecule has 3 saturated heterocycles. The van der Waals surface area contributed by atoms with Crippen molar-refractivity contribution in [2.24, 2.45) is 10.4 Å². The third-order valence-electron chi connectivity index (χ3n) is 12.4. The Labute approximate surface area is 506 Å². The average molecular weight is 1280 g/mol. The van der Waals surface area contributed by atoms with Gasteiger partial charge in [0, 0.05) is 69.2 Å². The second-order valence-electron chi connectivity index (χ2n) is 21.0. The fraction of sp³-hybridized carbons (Fsp3) is 0.655. The summed E-state index contributed by atoms with van der Waals surface area (Å²) in [6.07, 6.45) is -37.7. The molecule has 0 aromatic heterocycles. The highest BCUT2D eigenvalue weighted by molar-refractivity contribution is 5.85. The highest BCUT2D eigenvalue weighted by Gasteiger charge is 2.65. The first-order valence-corrected chi connectivity index (χ1v) is 27.1. The number of carbonyl (C=O) groups is 12. The van der Waals surface area contributed by atoms with Crippen molar-refractivity contribution >= 4 is 83.2 Å². The molecule has 0 saturated carbocycles. The van der Waals surface area contributed by atoms with Gasteiger partial charge in [0.25, 0.3) is 11.7 Å². The van der Waals surface area contributed by atoms with Crippen LogP contribution in [0, 0.1) is 5.41 Å². The number of alkyl halides is 3. The highest BCUT2D eigenvalue weighted by atomic mass is 19.4. The summed E-state index contributed by atoms with van der Waals surface area (Å²) >= 11 is 0. The summed E-state index contributed by atoms with van der Waals surface area (Å²) in [4.78, 5) is 162. The van der Waals surface area contributed by atoms with Crippen LogP contribution < -0.4 is 5.32 Å². The SMILES string of the molecule is COC(=O)[C@@]1(O[C@H]2[C@@H](OC(C)=O)[C@@H](COC(C)=O)O[C@@H](O[C@H]3[C@H](OC(C)=O)[C@@H](OC(=O)C(C)(C)C)C(OC(=Nc4ccccc4)C(F)(F)F)O[C@@H]3COC(C)=O)[C@@H]2OC(C)=O)C[C@H](OC(C)=O)[C@@H](NC(C)=O)[C@H]([C@H](OC(C)=O)[C@@H](COC(C)=O)OC(C)=O)O1. The number of ether oxygens (including phenoxy) is 17. The molecule has 4 rings (SSSR count). The van der Waals surface area contributed by atoms with Gasteiger partial charge < -0.3 is 85.8 Å². The summed E-state index contributed by atoms with van der Waals surface area (Å²) in [6, 6.07) is 4.72. The molecule has 89 heavy (non-hydrogen) atoms. The Morgan fingerprint density at radius 3 is 1.58 bits per heavy atom. The zero-order valence-corrected chi connectivity index (χ0v) is 50.8. The van der Waals surface area contributed by atoms with E-state index in [0.29, 0.717) is 0 Å². The monoisotopic (exact) mass is 1280 g/mol. The molecule has 0 radical (unpaired) electrons. The molecule has 3 aliphatic heterocycles. The number of aliphatic imine (C=N–C) groups is 1. The van der Waals surface area contributed by atoms with Crippen LogP contribution in [0.15, 0.2) is 35.3 Å². The Bertz CT molecular complexity index is 2770. The lowest BCUT2D eigenvalue weighted by Gasteiger charge is -2.52. The molecule has 1 aromatic rings. The lowest BCUT2D eigenvalue weighted by atomic mass is 9.87. The molecule has 1 amide bonds. The quantitative estimate of drug-likeness (QED) is 0.0707. The minimum atomic E-state index is -5.45. The maximum atomic E-state index is 15.0. The van der Waals surface area contributed by atoms with Crippen LogP contribution in [-0.2, 0) is 138 Å². The van der Waals surface area contributed by atoms with E-state index < -0.39 is 213 Å². The van der Waals surface area contributed by atoms with Gasteiger partial charge in [0.15, 0.2) is 36.8 Å². The van der Waals surface area contributed by atoms with Gasteiger partial charge >= 0.3 is 71.8 Å². The summed E-state index contributed by atoms with van der Waals surface area (Å²) in [5.41, 5.74) is -1.82. The minimum Gasteiger partial charge on any atom is -0.465 e. The van der Waals surface area contributed by atoms with Gasteiger partial charge in [0.2, 0.25) is 18.3 Å². The number of esters is 11. The largest absolute Gasteiger partial charge is 0.468 e. The Morgan fingerprint density at radius 2 is 1.10 bits per heavy atom. The predicted molar refractivity (Wildman–Crippen MR) is 282 cm³/mol. The molecule has 3 aliphatic rings. The Kier molecular flexibility index (Phi) is 26.3. The third-order valence-corrected chi connectivity index (χ3v) is 12.4. The summed E-state index contributed by atoms with van der Waals surface area (Å²) in [5, 5.41) is 2.47. The summed E-state index contributed by atoms with van der Waals surface area (Å²) < 4.78 is 143. The first-order chi connectivity index (χ1) is 41.3. The maximum Gasteiger partial charge on any atom is 0.468 e. The van der Waals surface area contributed by atoms with Crippen LogP contribution in [0.5, 0.6) is 0 Å². The molecule has 3 fully saturated rings. The predicted octanol–water partition coefficient (Wildman–Crippen LogP) is 1.92. The van der Waals surface area contributed by atoms with Crippen molar-refractivity contribution in [3.05, 3.63) is 30.3 Å². The van der Waals surface area contributed by atoms with Crippen molar-refractivity contribution in [2.75, 3.05) is 26.9 Å². The van der Waals surface area contributed by atoms with E-state index in [9.17, 15) is 57.5 Å². The number of amides is 1. The second kappa shape index (κ2) is 31.9. The normalized spacial score (nSPS) is 27.7. The number of nitrogens with zero attached hydrogens (tertiary/aromatic N) is 1. The first-order valence-electron chi connectivity index (χ1n) is 27.1. The summed E-state index contributed by atoms with van der Waals surface area (Å²) in [5.74, 6) is -19.2. The highest BCUT2D eigenvalue weighted by Crippen LogP contribution is 2.43. The van der Waals surface area contributed by atoms with E-state index in [1.54, 1.807) is 0 Å². The van der Waals surface area contributed by atoms with Gasteiger partial charge in [0.05, 0.1) is 30.7 Å². The van der Waals surface area contributed by atoms with Crippen LogP contribution in [0.4, 0.5) is 18.9 Å². The van der Waals surface area contributed by atoms with Crippen molar-refractivity contribution in [3.8, 4) is 0 Å². The number of para-hydroxylation sites is 1. The molecule has 3 heterocycles. The minimum absolute atomic E-state index is 0.307. The summed E-state index contributed by atoms with van der Waals surface area (Å²) in [6.45, 7) is 9.86. The van der Waals surface area contributed by atoms with E-state index in [-0.39, 0.29) is 5.69 Å². The molecule has 1 aromatic carbocycles. The Morgan fingerprint density at radius 1 is 0.596 bits per heavy atom. The molecule has 16 atom stereocenters. The number of methoxy groups -OCH3 is 1. The number of hydrogen-bond acceptors (Lipinski definition) is 30. The Hall–Kier alpha value is -8.08. The number of carbonyl (C=O) groups excluding carboxylic acids is 12. The standard InChI is InChI=1S/C55H71F3N2O29/c1-24(61)59-39-35(77-28(5)65)20-54(52(72)73-14,88-43(39)40(79-30(7)67)36(78-29(6)66)21-74-25(2)62)89-45-42(80-31(8)68)38(23-76-27(4)64)83-48(47(45)82-33(10)70)85-41-37(22-75-26(3)63)84-49(46(44(41)81-32(9)69)86-51(71)53(11,12)13)87-50(55(56,57)58)60-34-18-16-15-17-19-34/h15-19,35-49H,20-23H2,1-14H3,(H,59,61)/t35-,36+,37+,38+,39+,40+,41+,42-,43+,44-,45-,46+,47+,48-,49?,54-/m0/s1. The summed E-state index contributed by atoms with van der Waals surface area (Å²) in [7, 11) is 0.775. The van der Waals surface area contributed by atoms with E-state index in [1.807, 2.05) is 0 Å². The van der Waals surface area contributed by atoms with Crippen LogP contribution in [0.3, 0.4) is 0 Å². The zero-order valence-electron chi connectivity index (χ0n) is 50.8. The van der Waals surface area contributed by atoms with E-state index in [0.717, 1.165) is 76.3 Å². The number of nitrogens with one attached hydrogen (secondary N) is 1. The van der Waals surface area contributed by atoms with E-state index in [1.165, 1.54) is 51.1 Å². The molecular weight excluding hydrogens is 1210 g/mol. The fourth-order valence-corrected chi connectivity index (χ4v) is 9.11. The smallest absolute Gasteiger partial charge is 0.465 e. The van der Waals surface area contributed by atoms with Gasteiger partial charge in [-0.2, -0.15) is 13.2 Å². The lowest BCUT2D eigenvalue weighted by Crippen LogP contribution is -2.72. The van der Waals surface area contributed by atoms with Crippen LogP contribution in [0.25, 0.3) is 0 Å². The number of halogens is 3. The molecule has 0 spiro atoms. The molecule has 496 valence electrons. The van der Waals surface area contributed by atoms with Gasteiger partial charge in [0.1, 0.15) is 56.4 Å². The lowest BCUT2D eigenvalue weighted by molar-refractivity contribution is -0.385. The van der Waals surface area contributed by atoms with Gasteiger partial charge in [-0.05, 0) is 32.9 Å². The van der Waals surface area contributed by atoms with E-state index in [4.69, 9.17) is 80.5 Å². The first kappa shape index (κ1) is 73.4. The van der Waals surface area contributed by atoms with Gasteiger partial charge in [-0.15, -0.1) is 0 Å². The molecular formula is C55H71F3N2O29. The molecule has 0 aliphatic carbocycles. The van der Waals surface area contributed by atoms with Gasteiger partial charge in [-0.1, -0.05) is 18.2 Å². The second-order valence-corrected chi connectivity index (χ2v) is 21.0. The van der Waals surface area contributed by atoms with E-state index in [2.05, 4.69) is 10.3 Å². The Balaban J connectivity index is 2.15. The van der Waals surface area contributed by atoms with Crippen LogP contribution in [0.1, 0.15) is 96.4 Å². The van der Waals surface area contributed by atoms with Gasteiger partial charge in [-0.25, -0.2) is 9.79 Å². The van der Waals surface area contributed by atoms with Crippen molar-refractivity contribution in [1.29, 1.82) is 0 Å². The fourth-order valence-electron chi connectivity index (χ4n) is 9.11. The zero-order chi connectivity index (χ0) is 67.0. The van der Waals surface area contributed by atoms with Crippen LogP contribution >= 0.6 is 0 Å². The van der Waals surface area contributed by atoms with Crippen molar-refractivity contribution < 1.29 is 151 Å². The van der Waals surface area contributed by atoms with Gasteiger partial charge in [-0.3, -0.25) is 52.7 Å². The maximum absolute atomic E-state index is 15.0. The van der Waals surface area contributed by atoms with Crippen LogP contribution in [0.2, 0.25) is 0 Å². The molecule has 31 nitrogen and oxygen atoms in total.